The molecule has 1 aliphatic rings. The third kappa shape index (κ3) is 4.24. The first-order chi connectivity index (χ1) is 24.3. The molecule has 1 aliphatic carbocycles. The van der Waals surface area contributed by atoms with E-state index >= 15 is 0 Å². The number of benzene rings is 8. The molecule has 1 heterocycles. The van der Waals surface area contributed by atoms with Gasteiger partial charge in [0.2, 0.25) is 0 Å². The molecule has 2 heteroatoms. The molecule has 0 saturated carbocycles. The van der Waals surface area contributed by atoms with Crippen molar-refractivity contribution in [2.45, 2.75) is 0 Å². The zero-order chi connectivity index (χ0) is 32.3. The van der Waals surface area contributed by atoms with Crippen molar-refractivity contribution in [3.8, 4) is 44.5 Å². The molecule has 10 rings (SSSR count). The molecule has 2 nitrogen and oxygen atoms in total. The highest BCUT2D eigenvalue weighted by Gasteiger charge is 2.32. The predicted octanol–water partition coefficient (Wildman–Crippen LogP) is 13.0. The van der Waals surface area contributed by atoms with E-state index in [1.807, 2.05) is 0 Å². The van der Waals surface area contributed by atoms with E-state index < -0.39 is 0 Å². The molecule has 0 saturated heterocycles. The Morgan fingerprint density at radius 3 is 1.59 bits per heavy atom. The second-order valence-electron chi connectivity index (χ2n) is 12.7. The van der Waals surface area contributed by atoms with E-state index in [1.54, 1.807) is 0 Å². The van der Waals surface area contributed by atoms with Crippen LogP contribution in [0, 0.1) is 0 Å². The van der Waals surface area contributed by atoms with E-state index in [0.29, 0.717) is 0 Å². The lowest BCUT2D eigenvalue weighted by atomic mass is 9.82. The van der Waals surface area contributed by atoms with Gasteiger partial charge in [0.05, 0.1) is 11.2 Å². The first-order valence-electron chi connectivity index (χ1n) is 16.8. The molecule has 8 aromatic carbocycles. The highest BCUT2D eigenvalue weighted by Crippen LogP contribution is 2.59. The number of rotatable bonds is 5. The number of nitrogens with zero attached hydrogens (tertiary/aromatic N) is 2. The Kier molecular flexibility index (Phi) is 6.22. The standard InChI is InChI=1S/C47H30N2/c1-4-16-32(17-5-1)43-35-22-11-12-23-36(35)44(33-18-6-2-7-19-33)47-39-28-29-41(37-24-14-25-38(45(37)39)46(43)47)49(34-20-8-3-9-21-34)42-30-27-31-15-10-13-26-40(31)48-42/h1-30H. The van der Waals surface area contributed by atoms with Crippen LogP contribution in [0.1, 0.15) is 0 Å². The van der Waals surface area contributed by atoms with Gasteiger partial charge in [-0.15, -0.1) is 0 Å². The average Bonchev–Trinajstić information content (AvgIpc) is 3.50. The van der Waals surface area contributed by atoms with E-state index in [-0.39, 0.29) is 0 Å². The van der Waals surface area contributed by atoms with E-state index in [1.165, 1.54) is 66.1 Å². The Morgan fingerprint density at radius 1 is 0.367 bits per heavy atom. The normalized spacial score (nSPS) is 11.7. The summed E-state index contributed by atoms with van der Waals surface area (Å²) < 4.78 is 0. The summed E-state index contributed by atoms with van der Waals surface area (Å²) in [6, 6.07) is 65.5. The maximum atomic E-state index is 5.21. The molecule has 0 bridgehead atoms. The fourth-order valence-electron chi connectivity index (χ4n) is 7.94. The molecule has 0 radical (unpaired) electrons. The summed E-state index contributed by atoms with van der Waals surface area (Å²) in [6.07, 6.45) is 0. The summed E-state index contributed by atoms with van der Waals surface area (Å²) in [5.41, 5.74) is 13.3. The number of para-hydroxylation sites is 2. The number of pyridine rings is 1. The molecule has 0 unspecified atom stereocenters. The van der Waals surface area contributed by atoms with E-state index in [9.17, 15) is 0 Å². The van der Waals surface area contributed by atoms with Crippen molar-refractivity contribution < 1.29 is 0 Å². The van der Waals surface area contributed by atoms with Crippen LogP contribution < -0.4 is 4.90 Å². The number of aromatic nitrogens is 1. The minimum Gasteiger partial charge on any atom is -0.294 e. The summed E-state index contributed by atoms with van der Waals surface area (Å²) in [7, 11) is 0. The average molecular weight is 623 g/mol. The Labute approximate surface area is 285 Å². The Bertz CT molecular complexity index is 2610. The van der Waals surface area contributed by atoms with Gasteiger partial charge in [0.25, 0.3) is 0 Å². The van der Waals surface area contributed by atoms with Gasteiger partial charge in [-0.05, 0) is 97.1 Å². The van der Waals surface area contributed by atoms with Crippen molar-refractivity contribution in [2.24, 2.45) is 0 Å². The molecule has 0 fully saturated rings. The molecule has 0 spiro atoms. The second kappa shape index (κ2) is 11.0. The van der Waals surface area contributed by atoms with Gasteiger partial charge in [-0.3, -0.25) is 4.90 Å². The van der Waals surface area contributed by atoms with Crippen molar-refractivity contribution in [1.29, 1.82) is 0 Å². The number of anilines is 3. The molecule has 0 N–H and O–H groups in total. The lowest BCUT2D eigenvalue weighted by Crippen LogP contribution is -2.12. The Hall–Kier alpha value is -6.51. The van der Waals surface area contributed by atoms with Gasteiger partial charge in [-0.25, -0.2) is 4.98 Å². The highest BCUT2D eigenvalue weighted by molar-refractivity contribution is 6.29. The Morgan fingerprint density at radius 2 is 0.918 bits per heavy atom. The van der Waals surface area contributed by atoms with Gasteiger partial charge in [0, 0.05) is 16.5 Å². The fraction of sp³-hybridized carbons (Fsp3) is 0. The fourth-order valence-corrected chi connectivity index (χ4v) is 7.94. The van der Waals surface area contributed by atoms with Crippen LogP contribution in [0.5, 0.6) is 0 Å². The lowest BCUT2D eigenvalue weighted by Gasteiger charge is -2.26. The zero-order valence-corrected chi connectivity index (χ0v) is 26.7. The van der Waals surface area contributed by atoms with Gasteiger partial charge < -0.3 is 0 Å². The van der Waals surface area contributed by atoms with Crippen LogP contribution >= 0.6 is 0 Å². The van der Waals surface area contributed by atoms with E-state index in [4.69, 9.17) is 4.98 Å². The largest absolute Gasteiger partial charge is 0.294 e. The molecular formula is C47H30N2. The van der Waals surface area contributed by atoms with Gasteiger partial charge in [-0.1, -0.05) is 146 Å². The van der Waals surface area contributed by atoms with E-state index in [0.717, 1.165) is 28.1 Å². The lowest BCUT2D eigenvalue weighted by molar-refractivity contribution is 1.22. The van der Waals surface area contributed by atoms with Crippen LogP contribution in [0.15, 0.2) is 182 Å². The highest BCUT2D eigenvalue weighted by atomic mass is 15.2. The third-order valence-corrected chi connectivity index (χ3v) is 9.97. The zero-order valence-electron chi connectivity index (χ0n) is 26.7. The van der Waals surface area contributed by atoms with Gasteiger partial charge in [-0.2, -0.15) is 0 Å². The van der Waals surface area contributed by atoms with Crippen LogP contribution in [-0.4, -0.2) is 4.98 Å². The summed E-state index contributed by atoms with van der Waals surface area (Å²) in [5, 5.41) is 6.14. The van der Waals surface area contributed by atoms with Crippen LogP contribution in [0.25, 0.3) is 77.0 Å². The molecule has 0 amide bonds. The topological polar surface area (TPSA) is 16.1 Å². The molecule has 9 aromatic rings. The van der Waals surface area contributed by atoms with Crippen molar-refractivity contribution in [2.75, 3.05) is 4.90 Å². The molecule has 1 aromatic heterocycles. The number of fused-ring (bicyclic) bond motifs is 5. The minimum absolute atomic E-state index is 0.891. The van der Waals surface area contributed by atoms with Crippen LogP contribution in [0.3, 0.4) is 0 Å². The smallest absolute Gasteiger partial charge is 0.138 e. The number of hydrogen-bond donors (Lipinski definition) is 0. The monoisotopic (exact) mass is 622 g/mol. The maximum absolute atomic E-state index is 5.21. The Balaban J connectivity index is 1.32. The third-order valence-electron chi connectivity index (χ3n) is 9.97. The van der Waals surface area contributed by atoms with Gasteiger partial charge in [0.15, 0.2) is 0 Å². The van der Waals surface area contributed by atoms with Crippen molar-refractivity contribution in [3.63, 3.8) is 0 Å². The molecular weight excluding hydrogens is 593 g/mol. The first-order valence-corrected chi connectivity index (χ1v) is 16.8. The van der Waals surface area contributed by atoms with Crippen LogP contribution in [0.2, 0.25) is 0 Å². The predicted molar refractivity (Wildman–Crippen MR) is 207 cm³/mol. The van der Waals surface area contributed by atoms with Crippen molar-refractivity contribution in [1.82, 2.24) is 4.98 Å². The first kappa shape index (κ1) is 27.6. The van der Waals surface area contributed by atoms with Crippen molar-refractivity contribution >= 4 is 49.6 Å². The summed E-state index contributed by atoms with van der Waals surface area (Å²) in [6.45, 7) is 0. The summed E-state index contributed by atoms with van der Waals surface area (Å²) >= 11 is 0. The summed E-state index contributed by atoms with van der Waals surface area (Å²) in [5.74, 6) is 0.891. The number of hydrogen-bond acceptors (Lipinski definition) is 2. The SMILES string of the molecule is c1ccc(-c2c3c(c(-c4ccccc4)c4ccccc24)-c2ccc(N(c4ccccc4)c4ccc5ccccc5n4)c4cccc-3c24)cc1. The molecule has 228 valence electrons. The second-order valence-corrected chi connectivity index (χ2v) is 12.7. The summed E-state index contributed by atoms with van der Waals surface area (Å²) in [4.78, 5) is 7.52. The minimum atomic E-state index is 0.891. The molecule has 49 heavy (non-hydrogen) atoms. The van der Waals surface area contributed by atoms with Crippen LogP contribution in [0.4, 0.5) is 17.2 Å². The van der Waals surface area contributed by atoms with Crippen LogP contribution in [-0.2, 0) is 0 Å². The van der Waals surface area contributed by atoms with Gasteiger partial charge in [0.1, 0.15) is 5.82 Å². The van der Waals surface area contributed by atoms with Crippen molar-refractivity contribution in [3.05, 3.63) is 182 Å². The molecule has 0 aliphatic heterocycles. The van der Waals surface area contributed by atoms with Gasteiger partial charge >= 0.3 is 0 Å². The molecule has 0 atom stereocenters. The van der Waals surface area contributed by atoms with E-state index in [2.05, 4.69) is 187 Å². The quantitative estimate of drug-likeness (QED) is 0.190. The maximum Gasteiger partial charge on any atom is 0.138 e.